The van der Waals surface area contributed by atoms with Crippen molar-refractivity contribution < 1.29 is 9.90 Å². The van der Waals surface area contributed by atoms with Gasteiger partial charge in [-0.1, -0.05) is 30.7 Å². The number of nitrogens with one attached hydrogen (secondary N) is 1. The predicted octanol–water partition coefficient (Wildman–Crippen LogP) is 1.08. The number of aliphatic hydroxyl groups excluding tert-OH is 1. The van der Waals surface area contributed by atoms with Crippen LogP contribution in [0.1, 0.15) is 18.6 Å². The highest BCUT2D eigenvalue weighted by atomic mass is 35.5. The molecule has 0 aliphatic carbocycles. The second kappa shape index (κ2) is 6.59. The molecular formula is C12H17ClN2O2. The largest absolute Gasteiger partial charge is 0.387 e. The fraction of sp³-hybridized carbons (Fsp3) is 0.417. The van der Waals surface area contributed by atoms with E-state index in [0.29, 0.717) is 17.1 Å². The number of benzene rings is 1. The van der Waals surface area contributed by atoms with Gasteiger partial charge in [0, 0.05) is 24.0 Å². The van der Waals surface area contributed by atoms with Crippen LogP contribution in [0.5, 0.6) is 0 Å². The molecule has 1 aromatic carbocycles. The van der Waals surface area contributed by atoms with E-state index in [0.717, 1.165) is 0 Å². The number of hydrogen-bond acceptors (Lipinski definition) is 3. The van der Waals surface area contributed by atoms with Crippen LogP contribution in [0.15, 0.2) is 24.3 Å². The Balaban J connectivity index is 2.50. The summed E-state index contributed by atoms with van der Waals surface area (Å²) in [7, 11) is 0. The lowest BCUT2D eigenvalue weighted by Gasteiger charge is -2.14. The van der Waals surface area contributed by atoms with Gasteiger partial charge in [0.05, 0.1) is 6.10 Å². The van der Waals surface area contributed by atoms with E-state index in [4.69, 9.17) is 17.3 Å². The highest BCUT2D eigenvalue weighted by Gasteiger charge is 2.13. The van der Waals surface area contributed by atoms with Gasteiger partial charge in [0.1, 0.15) is 0 Å². The van der Waals surface area contributed by atoms with E-state index in [1.54, 1.807) is 31.2 Å². The number of aliphatic hydroxyl groups is 1. The average Bonchev–Trinajstić information content (AvgIpc) is 2.34. The molecule has 0 heterocycles. The Morgan fingerprint density at radius 1 is 1.59 bits per heavy atom. The second-order valence-electron chi connectivity index (χ2n) is 3.95. The first-order valence-electron chi connectivity index (χ1n) is 5.46. The van der Waals surface area contributed by atoms with Gasteiger partial charge in [-0.05, 0) is 17.7 Å². The van der Waals surface area contributed by atoms with Crippen LogP contribution in [0.3, 0.4) is 0 Å². The molecule has 0 fully saturated rings. The minimum absolute atomic E-state index is 0.156. The van der Waals surface area contributed by atoms with Crippen molar-refractivity contribution in [1.82, 2.24) is 5.32 Å². The maximum absolute atomic E-state index is 11.4. The van der Waals surface area contributed by atoms with Crippen molar-refractivity contribution in [3.8, 4) is 0 Å². The molecule has 5 heteroatoms. The van der Waals surface area contributed by atoms with Gasteiger partial charge in [-0.2, -0.15) is 0 Å². The second-order valence-corrected chi connectivity index (χ2v) is 4.39. The number of carbonyl (C=O) groups excluding carboxylic acids is 1. The van der Waals surface area contributed by atoms with Crippen LogP contribution in [0.2, 0.25) is 5.02 Å². The molecule has 0 bridgehead atoms. The number of hydrogen-bond donors (Lipinski definition) is 3. The predicted molar refractivity (Wildman–Crippen MR) is 67.6 cm³/mol. The van der Waals surface area contributed by atoms with Crippen LogP contribution in [-0.4, -0.2) is 24.1 Å². The molecule has 1 rings (SSSR count). The molecule has 2 unspecified atom stereocenters. The smallest absolute Gasteiger partial charge is 0.224 e. The summed E-state index contributed by atoms with van der Waals surface area (Å²) in [5, 5.41) is 13.0. The molecule has 0 aliphatic rings. The van der Waals surface area contributed by atoms with E-state index < -0.39 is 6.10 Å². The molecule has 0 aliphatic heterocycles. The summed E-state index contributed by atoms with van der Waals surface area (Å²) in [5.74, 6) is -0.407. The lowest BCUT2D eigenvalue weighted by molar-refractivity contribution is -0.124. The van der Waals surface area contributed by atoms with E-state index in [1.165, 1.54) is 0 Å². The van der Waals surface area contributed by atoms with Crippen molar-refractivity contribution in [1.29, 1.82) is 0 Å². The molecule has 1 amide bonds. The highest BCUT2D eigenvalue weighted by molar-refractivity contribution is 6.30. The first-order valence-corrected chi connectivity index (χ1v) is 5.83. The summed E-state index contributed by atoms with van der Waals surface area (Å²) < 4.78 is 0. The Bertz CT molecular complexity index is 385. The highest BCUT2D eigenvalue weighted by Crippen LogP contribution is 2.17. The van der Waals surface area contributed by atoms with E-state index in [2.05, 4.69) is 5.32 Å². The molecule has 0 aromatic heterocycles. The zero-order valence-electron chi connectivity index (χ0n) is 9.69. The number of rotatable bonds is 5. The van der Waals surface area contributed by atoms with Crippen molar-refractivity contribution in [3.05, 3.63) is 34.9 Å². The number of halogens is 1. The van der Waals surface area contributed by atoms with Crippen LogP contribution in [0, 0.1) is 5.92 Å². The Morgan fingerprint density at radius 3 is 2.88 bits per heavy atom. The summed E-state index contributed by atoms with van der Waals surface area (Å²) in [6.45, 7) is 2.18. The Kier molecular flexibility index (Phi) is 5.41. The molecule has 17 heavy (non-hydrogen) atoms. The zero-order valence-corrected chi connectivity index (χ0v) is 10.4. The molecular weight excluding hydrogens is 240 g/mol. The van der Waals surface area contributed by atoms with Gasteiger partial charge in [0.2, 0.25) is 5.91 Å². The standard InChI is InChI=1S/C12H17ClN2O2/c1-8(6-14)12(17)15-7-11(16)9-3-2-4-10(13)5-9/h2-5,8,11,16H,6-7,14H2,1H3,(H,15,17). The van der Waals surface area contributed by atoms with E-state index >= 15 is 0 Å². The van der Waals surface area contributed by atoms with Crippen LogP contribution in [0.25, 0.3) is 0 Å². The summed E-state index contributed by atoms with van der Waals surface area (Å²) in [4.78, 5) is 11.4. The molecule has 2 atom stereocenters. The maximum Gasteiger partial charge on any atom is 0.224 e. The van der Waals surface area contributed by atoms with E-state index in [-0.39, 0.29) is 18.4 Å². The zero-order chi connectivity index (χ0) is 12.8. The molecule has 0 radical (unpaired) electrons. The monoisotopic (exact) mass is 256 g/mol. The quantitative estimate of drug-likeness (QED) is 0.738. The Morgan fingerprint density at radius 2 is 2.29 bits per heavy atom. The van der Waals surface area contributed by atoms with Crippen LogP contribution < -0.4 is 11.1 Å². The third-order valence-corrected chi connectivity index (χ3v) is 2.74. The van der Waals surface area contributed by atoms with Crippen molar-refractivity contribution in [2.45, 2.75) is 13.0 Å². The fourth-order valence-corrected chi connectivity index (χ4v) is 1.51. The van der Waals surface area contributed by atoms with Gasteiger partial charge in [-0.3, -0.25) is 4.79 Å². The molecule has 0 saturated heterocycles. The van der Waals surface area contributed by atoms with Gasteiger partial charge in [-0.15, -0.1) is 0 Å². The van der Waals surface area contributed by atoms with Gasteiger partial charge >= 0.3 is 0 Å². The summed E-state index contributed by atoms with van der Waals surface area (Å²) >= 11 is 5.81. The first-order chi connectivity index (χ1) is 8.04. The molecule has 4 nitrogen and oxygen atoms in total. The number of amides is 1. The van der Waals surface area contributed by atoms with Crippen molar-refractivity contribution in [3.63, 3.8) is 0 Å². The third kappa shape index (κ3) is 4.34. The lowest BCUT2D eigenvalue weighted by Crippen LogP contribution is -2.35. The molecule has 1 aromatic rings. The van der Waals surface area contributed by atoms with Crippen molar-refractivity contribution >= 4 is 17.5 Å². The van der Waals surface area contributed by atoms with E-state index in [9.17, 15) is 9.90 Å². The Hall–Kier alpha value is -1.10. The van der Waals surface area contributed by atoms with Gasteiger partial charge in [0.25, 0.3) is 0 Å². The Labute approximate surface area is 106 Å². The normalized spacial score (nSPS) is 14.1. The summed E-state index contributed by atoms with van der Waals surface area (Å²) in [5.41, 5.74) is 6.05. The fourth-order valence-electron chi connectivity index (χ4n) is 1.31. The third-order valence-electron chi connectivity index (χ3n) is 2.50. The van der Waals surface area contributed by atoms with Crippen LogP contribution in [0.4, 0.5) is 0 Å². The number of carbonyl (C=O) groups is 1. The summed E-state index contributed by atoms with van der Waals surface area (Å²) in [6, 6.07) is 6.91. The van der Waals surface area contributed by atoms with E-state index in [1.807, 2.05) is 0 Å². The van der Waals surface area contributed by atoms with Gasteiger partial charge < -0.3 is 16.2 Å². The van der Waals surface area contributed by atoms with Gasteiger partial charge in [-0.25, -0.2) is 0 Å². The first kappa shape index (κ1) is 14.0. The topological polar surface area (TPSA) is 75.4 Å². The molecule has 4 N–H and O–H groups in total. The van der Waals surface area contributed by atoms with Crippen molar-refractivity contribution in [2.75, 3.05) is 13.1 Å². The lowest BCUT2D eigenvalue weighted by atomic mass is 10.1. The van der Waals surface area contributed by atoms with Crippen LogP contribution >= 0.6 is 11.6 Å². The minimum Gasteiger partial charge on any atom is -0.387 e. The summed E-state index contributed by atoms with van der Waals surface area (Å²) in [6.07, 6.45) is -0.761. The SMILES string of the molecule is CC(CN)C(=O)NCC(O)c1cccc(Cl)c1. The molecule has 0 spiro atoms. The van der Waals surface area contributed by atoms with Crippen molar-refractivity contribution in [2.24, 2.45) is 11.7 Å². The molecule has 94 valence electrons. The average molecular weight is 257 g/mol. The minimum atomic E-state index is -0.761. The maximum atomic E-state index is 11.4. The van der Waals surface area contributed by atoms with Gasteiger partial charge in [0.15, 0.2) is 0 Å². The molecule has 0 saturated carbocycles. The number of nitrogens with two attached hydrogens (primary N) is 1. The van der Waals surface area contributed by atoms with Crippen LogP contribution in [-0.2, 0) is 4.79 Å².